The molecule has 30 heavy (non-hydrogen) atoms. The molecule has 3 rings (SSSR count). The molecule has 0 unspecified atom stereocenters. The summed E-state index contributed by atoms with van der Waals surface area (Å²) in [6.45, 7) is 2.97. The molecule has 1 heterocycles. The van der Waals surface area contributed by atoms with Crippen molar-refractivity contribution in [2.24, 2.45) is 5.10 Å². The number of hydrogen-bond donors (Lipinski definition) is 1. The largest absolute Gasteiger partial charge is 0.494 e. The molecule has 9 heteroatoms. The van der Waals surface area contributed by atoms with Crippen molar-refractivity contribution >= 4 is 33.7 Å². The van der Waals surface area contributed by atoms with Gasteiger partial charge in [-0.2, -0.15) is 9.41 Å². The fraction of sp³-hybridized carbons (Fsp3) is 0.333. The molecule has 0 aromatic heterocycles. The monoisotopic (exact) mass is 449 g/mol. The molecule has 0 aliphatic carbocycles. The van der Waals surface area contributed by atoms with E-state index in [-0.39, 0.29) is 11.4 Å². The van der Waals surface area contributed by atoms with Gasteiger partial charge in [-0.25, -0.2) is 13.8 Å². The lowest BCUT2D eigenvalue weighted by atomic mass is 10.2. The van der Waals surface area contributed by atoms with E-state index in [4.69, 9.17) is 16.3 Å². The molecule has 1 aliphatic heterocycles. The summed E-state index contributed by atoms with van der Waals surface area (Å²) in [4.78, 5) is 12.7. The Bertz CT molecular complexity index is 992. The highest BCUT2D eigenvalue weighted by Gasteiger charge is 2.39. The van der Waals surface area contributed by atoms with Gasteiger partial charge in [0.05, 0.1) is 17.7 Å². The minimum absolute atomic E-state index is 0.112. The van der Waals surface area contributed by atoms with Gasteiger partial charge in [-0.1, -0.05) is 18.5 Å². The maximum absolute atomic E-state index is 12.9. The lowest BCUT2D eigenvalue weighted by molar-refractivity contribution is -0.124. The molecule has 160 valence electrons. The Morgan fingerprint density at radius 2 is 1.93 bits per heavy atom. The number of carbonyl (C=O) groups is 1. The van der Waals surface area contributed by atoms with Crippen molar-refractivity contribution < 1.29 is 17.9 Å². The lowest BCUT2D eigenvalue weighted by Gasteiger charge is -2.22. The van der Waals surface area contributed by atoms with Gasteiger partial charge in [0, 0.05) is 11.6 Å². The van der Waals surface area contributed by atoms with Crippen molar-refractivity contribution in [3.8, 4) is 5.75 Å². The van der Waals surface area contributed by atoms with Crippen LogP contribution in [0.15, 0.2) is 58.5 Å². The smallest absolute Gasteiger partial charge is 0.258 e. The highest BCUT2D eigenvalue weighted by Crippen LogP contribution is 2.27. The first-order valence-corrected chi connectivity index (χ1v) is 11.6. The first-order valence-electron chi connectivity index (χ1n) is 9.75. The first-order chi connectivity index (χ1) is 14.4. The van der Waals surface area contributed by atoms with Crippen molar-refractivity contribution in [1.29, 1.82) is 0 Å². The van der Waals surface area contributed by atoms with Crippen LogP contribution in [-0.2, 0) is 14.8 Å². The molecule has 1 saturated heterocycles. The minimum atomic E-state index is -3.79. The zero-order valence-corrected chi connectivity index (χ0v) is 18.2. The van der Waals surface area contributed by atoms with Crippen LogP contribution in [0.1, 0.15) is 31.7 Å². The maximum atomic E-state index is 12.9. The Kier molecular flexibility index (Phi) is 7.47. The Hall–Kier alpha value is -2.42. The van der Waals surface area contributed by atoms with Crippen LogP contribution in [0.2, 0.25) is 5.02 Å². The number of amides is 1. The zero-order valence-electron chi connectivity index (χ0n) is 16.6. The van der Waals surface area contributed by atoms with Crippen molar-refractivity contribution in [3.63, 3.8) is 0 Å². The van der Waals surface area contributed by atoms with Crippen LogP contribution in [0.3, 0.4) is 0 Å². The third-order valence-electron chi connectivity index (χ3n) is 4.67. The Morgan fingerprint density at radius 1 is 1.23 bits per heavy atom. The second-order valence-corrected chi connectivity index (χ2v) is 9.21. The van der Waals surface area contributed by atoms with E-state index >= 15 is 0 Å². The summed E-state index contributed by atoms with van der Waals surface area (Å²) in [5.41, 5.74) is 3.24. The number of nitrogens with one attached hydrogen (secondary N) is 1. The van der Waals surface area contributed by atoms with Crippen LogP contribution in [0.5, 0.6) is 5.75 Å². The van der Waals surface area contributed by atoms with Gasteiger partial charge in [-0.05, 0) is 73.4 Å². The molecule has 2 aromatic rings. The van der Waals surface area contributed by atoms with E-state index in [1.54, 1.807) is 0 Å². The molecular weight excluding hydrogens is 426 g/mol. The number of hydrazone groups is 1. The fourth-order valence-corrected chi connectivity index (χ4v) is 4.93. The van der Waals surface area contributed by atoms with Gasteiger partial charge >= 0.3 is 0 Å². The first kappa shape index (κ1) is 22.3. The van der Waals surface area contributed by atoms with E-state index in [1.807, 2.05) is 31.2 Å². The maximum Gasteiger partial charge on any atom is 0.258 e. The van der Waals surface area contributed by atoms with Crippen LogP contribution in [-0.4, -0.2) is 44.0 Å². The number of nitrogens with zero attached hydrogens (tertiary/aromatic N) is 2. The van der Waals surface area contributed by atoms with Gasteiger partial charge in [0.15, 0.2) is 0 Å². The molecule has 1 fully saturated rings. The van der Waals surface area contributed by atoms with Crippen LogP contribution in [0.4, 0.5) is 0 Å². The van der Waals surface area contributed by atoms with Crippen LogP contribution in [0.25, 0.3) is 0 Å². The standard InChI is InChI=1S/C21H24ClN3O4S/c1-2-14-29-18-9-5-16(6-10-18)15-23-24-21(26)20-4-3-13-25(20)30(27,28)19-11-7-17(22)8-12-19/h5-12,15,20H,2-4,13-14H2,1H3,(H,24,26)/b23-15-/t20-/m0/s1. The molecular formula is C21H24ClN3O4S. The van der Waals surface area contributed by atoms with Gasteiger partial charge < -0.3 is 4.74 Å². The van der Waals surface area contributed by atoms with Gasteiger partial charge in [-0.3, -0.25) is 4.79 Å². The minimum Gasteiger partial charge on any atom is -0.494 e. The molecule has 2 aromatic carbocycles. The van der Waals surface area contributed by atoms with Crippen molar-refractivity contribution in [2.45, 2.75) is 37.1 Å². The molecule has 0 bridgehead atoms. The number of benzene rings is 2. The summed E-state index contributed by atoms with van der Waals surface area (Å²) in [6, 6.07) is 12.4. The van der Waals surface area contributed by atoms with Gasteiger partial charge in [0.25, 0.3) is 5.91 Å². The Morgan fingerprint density at radius 3 is 2.60 bits per heavy atom. The number of ether oxygens (including phenoxy) is 1. The van der Waals surface area contributed by atoms with Gasteiger partial charge in [-0.15, -0.1) is 0 Å². The van der Waals surface area contributed by atoms with Crippen LogP contribution >= 0.6 is 11.6 Å². The predicted octanol–water partition coefficient (Wildman–Crippen LogP) is 3.43. The fourth-order valence-electron chi connectivity index (χ4n) is 3.15. The molecule has 1 aliphatic rings. The third kappa shape index (κ3) is 5.38. The average Bonchev–Trinajstić information content (AvgIpc) is 3.24. The second-order valence-electron chi connectivity index (χ2n) is 6.88. The molecule has 0 saturated carbocycles. The van der Waals surface area contributed by atoms with Crippen molar-refractivity contribution in [3.05, 3.63) is 59.1 Å². The van der Waals surface area contributed by atoms with E-state index in [0.29, 0.717) is 24.5 Å². The van der Waals surface area contributed by atoms with E-state index in [9.17, 15) is 13.2 Å². The number of hydrogen-bond acceptors (Lipinski definition) is 5. The molecule has 1 amide bonds. The topological polar surface area (TPSA) is 88.1 Å². The number of rotatable bonds is 8. The Balaban J connectivity index is 1.63. The zero-order chi connectivity index (χ0) is 21.6. The van der Waals surface area contributed by atoms with Crippen molar-refractivity contribution in [1.82, 2.24) is 9.73 Å². The van der Waals surface area contributed by atoms with Gasteiger partial charge in [0.1, 0.15) is 11.8 Å². The number of halogens is 1. The highest BCUT2D eigenvalue weighted by molar-refractivity contribution is 7.89. The second kappa shape index (κ2) is 10.1. The molecule has 0 radical (unpaired) electrons. The normalized spacial score (nSPS) is 17.3. The van der Waals surface area contributed by atoms with E-state index in [1.165, 1.54) is 34.8 Å². The van der Waals surface area contributed by atoms with E-state index < -0.39 is 22.0 Å². The molecule has 1 atom stereocenters. The summed E-state index contributed by atoms with van der Waals surface area (Å²) in [7, 11) is -3.79. The SMILES string of the molecule is CCCOc1ccc(/C=N\NC(=O)[C@@H]2CCCN2S(=O)(=O)c2ccc(Cl)cc2)cc1. The molecule has 7 nitrogen and oxygen atoms in total. The lowest BCUT2D eigenvalue weighted by Crippen LogP contribution is -2.44. The Labute approximate surface area is 181 Å². The van der Waals surface area contributed by atoms with E-state index in [2.05, 4.69) is 10.5 Å². The molecule has 0 spiro atoms. The summed E-state index contributed by atoms with van der Waals surface area (Å²) < 4.78 is 32.6. The van der Waals surface area contributed by atoms with Crippen LogP contribution in [0, 0.1) is 0 Å². The summed E-state index contributed by atoms with van der Waals surface area (Å²) in [5, 5.41) is 4.42. The van der Waals surface area contributed by atoms with E-state index in [0.717, 1.165) is 17.7 Å². The average molecular weight is 450 g/mol. The number of carbonyl (C=O) groups excluding carboxylic acids is 1. The highest BCUT2D eigenvalue weighted by atomic mass is 35.5. The van der Waals surface area contributed by atoms with Crippen molar-refractivity contribution in [2.75, 3.05) is 13.2 Å². The van der Waals surface area contributed by atoms with Crippen LogP contribution < -0.4 is 10.2 Å². The third-order valence-corrected chi connectivity index (χ3v) is 6.84. The number of sulfonamides is 1. The molecule has 1 N–H and O–H groups in total. The quantitative estimate of drug-likeness (QED) is 0.494. The van der Waals surface area contributed by atoms with Gasteiger partial charge in [0.2, 0.25) is 10.0 Å². The summed E-state index contributed by atoms with van der Waals surface area (Å²) in [6.07, 6.45) is 3.49. The summed E-state index contributed by atoms with van der Waals surface area (Å²) >= 11 is 5.84. The summed E-state index contributed by atoms with van der Waals surface area (Å²) in [5.74, 6) is 0.316. The predicted molar refractivity (Wildman–Crippen MR) is 116 cm³/mol.